The van der Waals surface area contributed by atoms with Crippen molar-refractivity contribution >= 4 is 27.3 Å². The summed E-state index contributed by atoms with van der Waals surface area (Å²) in [6, 6.07) is 5.96. The molecule has 0 unspecified atom stereocenters. The van der Waals surface area contributed by atoms with Gasteiger partial charge in [-0.1, -0.05) is 6.07 Å². The SMILES string of the molecule is CNCc1ccc(OCc2sccc2Br)c(C(F)(F)F)c1. The summed E-state index contributed by atoms with van der Waals surface area (Å²) in [6.07, 6.45) is -4.44. The fourth-order valence-corrected chi connectivity index (χ4v) is 3.19. The summed E-state index contributed by atoms with van der Waals surface area (Å²) in [6.45, 7) is 0.479. The summed E-state index contributed by atoms with van der Waals surface area (Å²) in [5, 5.41) is 4.68. The Labute approximate surface area is 133 Å². The van der Waals surface area contributed by atoms with Crippen molar-refractivity contribution in [2.24, 2.45) is 0 Å². The summed E-state index contributed by atoms with van der Waals surface area (Å²) < 4.78 is 45.5. The van der Waals surface area contributed by atoms with Crippen molar-refractivity contribution in [2.45, 2.75) is 19.3 Å². The second kappa shape index (κ2) is 6.81. The third-order valence-corrected chi connectivity index (χ3v) is 4.68. The van der Waals surface area contributed by atoms with Crippen LogP contribution in [-0.4, -0.2) is 7.05 Å². The molecule has 1 N–H and O–H groups in total. The van der Waals surface area contributed by atoms with Crippen molar-refractivity contribution in [2.75, 3.05) is 7.05 Å². The van der Waals surface area contributed by atoms with Crippen molar-refractivity contribution in [1.82, 2.24) is 5.32 Å². The molecule has 2 aromatic rings. The molecule has 0 radical (unpaired) electrons. The predicted molar refractivity (Wildman–Crippen MR) is 80.6 cm³/mol. The van der Waals surface area contributed by atoms with Gasteiger partial charge in [-0.05, 0) is 52.1 Å². The van der Waals surface area contributed by atoms with E-state index in [0.29, 0.717) is 12.1 Å². The third kappa shape index (κ3) is 4.21. The molecule has 7 heteroatoms. The van der Waals surface area contributed by atoms with Gasteiger partial charge in [-0.25, -0.2) is 0 Å². The zero-order valence-corrected chi connectivity index (χ0v) is 13.5. The number of hydrogen-bond acceptors (Lipinski definition) is 3. The average molecular weight is 380 g/mol. The zero-order valence-electron chi connectivity index (χ0n) is 11.1. The molecule has 0 spiro atoms. The summed E-state index contributed by atoms with van der Waals surface area (Å²) in [5.41, 5.74) is -0.183. The van der Waals surface area contributed by atoms with Gasteiger partial charge in [0.1, 0.15) is 12.4 Å². The summed E-state index contributed by atoms with van der Waals surface area (Å²) >= 11 is 4.76. The van der Waals surface area contributed by atoms with Crippen LogP contribution in [0.5, 0.6) is 5.75 Å². The predicted octanol–water partition coefficient (Wildman–Crippen LogP) is 4.83. The molecule has 0 saturated heterocycles. The Morgan fingerprint density at radius 1 is 1.29 bits per heavy atom. The first-order valence-corrected chi connectivity index (χ1v) is 7.78. The lowest BCUT2D eigenvalue weighted by atomic mass is 10.1. The van der Waals surface area contributed by atoms with Crippen LogP contribution in [0.15, 0.2) is 34.1 Å². The zero-order chi connectivity index (χ0) is 15.5. The second-order valence-electron chi connectivity index (χ2n) is 4.34. The quantitative estimate of drug-likeness (QED) is 0.803. The fraction of sp³-hybridized carbons (Fsp3) is 0.286. The minimum Gasteiger partial charge on any atom is -0.487 e. The van der Waals surface area contributed by atoms with E-state index in [0.717, 1.165) is 15.4 Å². The molecule has 0 fully saturated rings. The lowest BCUT2D eigenvalue weighted by Crippen LogP contribution is -2.11. The van der Waals surface area contributed by atoms with Crippen LogP contribution < -0.4 is 10.1 Å². The van der Waals surface area contributed by atoms with Crippen molar-refractivity contribution in [1.29, 1.82) is 0 Å². The maximum Gasteiger partial charge on any atom is 0.419 e. The second-order valence-corrected chi connectivity index (χ2v) is 6.19. The Hall–Kier alpha value is -1.05. The molecule has 0 aliphatic heterocycles. The first-order chi connectivity index (χ1) is 9.91. The van der Waals surface area contributed by atoms with Gasteiger partial charge >= 0.3 is 6.18 Å². The van der Waals surface area contributed by atoms with Crippen LogP contribution >= 0.6 is 27.3 Å². The Morgan fingerprint density at radius 2 is 2.05 bits per heavy atom. The average Bonchev–Trinajstić information content (AvgIpc) is 2.82. The highest BCUT2D eigenvalue weighted by molar-refractivity contribution is 9.10. The van der Waals surface area contributed by atoms with Gasteiger partial charge in [0, 0.05) is 11.0 Å². The Bertz CT molecular complexity index is 613. The van der Waals surface area contributed by atoms with Crippen LogP contribution in [0, 0.1) is 0 Å². The Balaban J connectivity index is 2.23. The topological polar surface area (TPSA) is 21.3 Å². The van der Waals surface area contributed by atoms with Gasteiger partial charge < -0.3 is 10.1 Å². The van der Waals surface area contributed by atoms with E-state index in [4.69, 9.17) is 4.74 Å². The van der Waals surface area contributed by atoms with E-state index in [1.807, 2.05) is 11.4 Å². The van der Waals surface area contributed by atoms with E-state index in [9.17, 15) is 13.2 Å². The molecule has 0 aliphatic carbocycles. The standard InChI is InChI=1S/C14H13BrF3NOS/c1-19-7-9-2-3-12(10(6-9)14(16,17)18)20-8-13-11(15)4-5-21-13/h2-6,19H,7-8H2,1H3. The maximum atomic E-state index is 13.1. The van der Waals surface area contributed by atoms with Gasteiger partial charge in [0.15, 0.2) is 0 Å². The molecule has 21 heavy (non-hydrogen) atoms. The van der Waals surface area contributed by atoms with E-state index in [1.165, 1.54) is 17.4 Å². The minimum atomic E-state index is -4.44. The Kier molecular flexibility index (Phi) is 5.29. The highest BCUT2D eigenvalue weighted by Gasteiger charge is 2.34. The van der Waals surface area contributed by atoms with Gasteiger partial charge in [-0.3, -0.25) is 0 Å². The van der Waals surface area contributed by atoms with Gasteiger partial charge in [-0.2, -0.15) is 13.2 Å². The molecule has 1 aromatic heterocycles. The smallest absolute Gasteiger partial charge is 0.419 e. The molecule has 2 rings (SSSR count). The van der Waals surface area contributed by atoms with Gasteiger partial charge in [0.05, 0.1) is 10.4 Å². The largest absolute Gasteiger partial charge is 0.487 e. The van der Waals surface area contributed by atoms with E-state index in [1.54, 1.807) is 13.1 Å². The molecule has 0 saturated carbocycles. The highest BCUT2D eigenvalue weighted by atomic mass is 79.9. The van der Waals surface area contributed by atoms with Crippen LogP contribution in [0.2, 0.25) is 0 Å². The lowest BCUT2D eigenvalue weighted by molar-refractivity contribution is -0.139. The number of alkyl halides is 3. The molecule has 2 nitrogen and oxygen atoms in total. The number of benzene rings is 1. The maximum absolute atomic E-state index is 13.1. The van der Waals surface area contributed by atoms with E-state index in [2.05, 4.69) is 21.2 Å². The monoisotopic (exact) mass is 379 g/mol. The van der Waals surface area contributed by atoms with E-state index >= 15 is 0 Å². The minimum absolute atomic E-state index is 0.104. The molecular weight excluding hydrogens is 367 g/mol. The lowest BCUT2D eigenvalue weighted by Gasteiger charge is -2.15. The van der Waals surface area contributed by atoms with Crippen LogP contribution in [0.3, 0.4) is 0 Å². The summed E-state index contributed by atoms with van der Waals surface area (Å²) in [4.78, 5) is 0.849. The number of hydrogen-bond donors (Lipinski definition) is 1. The Morgan fingerprint density at radius 3 is 2.62 bits per heavy atom. The van der Waals surface area contributed by atoms with Gasteiger partial charge in [0.25, 0.3) is 0 Å². The summed E-state index contributed by atoms with van der Waals surface area (Å²) in [7, 11) is 1.69. The number of ether oxygens (including phenoxy) is 1. The molecule has 0 atom stereocenters. The van der Waals surface area contributed by atoms with Crippen molar-refractivity contribution in [3.63, 3.8) is 0 Å². The summed E-state index contributed by atoms with van der Waals surface area (Å²) in [5.74, 6) is -0.150. The first kappa shape index (κ1) is 16.3. The molecule has 114 valence electrons. The van der Waals surface area contributed by atoms with Crippen molar-refractivity contribution in [3.05, 3.63) is 50.1 Å². The van der Waals surface area contributed by atoms with Gasteiger partial charge in [-0.15, -0.1) is 11.3 Å². The molecule has 0 bridgehead atoms. The third-order valence-electron chi connectivity index (χ3n) is 2.78. The molecule has 0 amide bonds. The number of rotatable bonds is 5. The highest BCUT2D eigenvalue weighted by Crippen LogP contribution is 2.37. The number of halogens is 4. The molecule has 1 aromatic carbocycles. The first-order valence-electron chi connectivity index (χ1n) is 6.11. The van der Waals surface area contributed by atoms with E-state index in [-0.39, 0.29) is 12.4 Å². The molecule has 1 heterocycles. The van der Waals surface area contributed by atoms with Gasteiger partial charge in [0.2, 0.25) is 0 Å². The van der Waals surface area contributed by atoms with Crippen LogP contribution in [0.25, 0.3) is 0 Å². The van der Waals surface area contributed by atoms with Crippen LogP contribution in [-0.2, 0) is 19.3 Å². The fourth-order valence-electron chi connectivity index (χ4n) is 1.81. The van der Waals surface area contributed by atoms with E-state index < -0.39 is 11.7 Å². The number of thiophene rings is 1. The molecular formula is C14H13BrF3NOS. The van der Waals surface area contributed by atoms with Crippen molar-refractivity contribution < 1.29 is 17.9 Å². The molecule has 0 aliphatic rings. The van der Waals surface area contributed by atoms with Crippen LogP contribution in [0.1, 0.15) is 16.0 Å². The normalized spacial score (nSPS) is 11.7. The number of nitrogens with one attached hydrogen (secondary N) is 1. The van der Waals surface area contributed by atoms with Crippen LogP contribution in [0.4, 0.5) is 13.2 Å². The van der Waals surface area contributed by atoms with Crippen molar-refractivity contribution in [3.8, 4) is 5.75 Å².